The number of nitrogens with zero attached hydrogens (tertiary/aromatic N) is 1. The summed E-state index contributed by atoms with van der Waals surface area (Å²) in [6.45, 7) is 4.62. The number of quaternary nitrogens is 1. The SMILES string of the molecule is CC/C=C/C/C=C/C/C=C/C/C=C/CCCCCCCCCCCCC(=O)OC(COCCC(C(=O)O)[N+](C)(C)C)COC(=O)CCCCCCCCC/C=C/CCCCCC. The fraction of sp³-hybridized carbons (Fsp3) is 0.759. The molecule has 0 saturated carbocycles. The molecule has 8 nitrogen and oxygen atoms in total. The number of unbranched alkanes of at least 4 members (excludes halogenated alkanes) is 21. The molecule has 0 aliphatic carbocycles. The minimum Gasteiger partial charge on any atom is -0.477 e. The fourth-order valence-corrected chi connectivity index (χ4v) is 7.25. The molecule has 2 unspecified atom stereocenters. The van der Waals surface area contributed by atoms with Crippen molar-refractivity contribution < 1.29 is 38.2 Å². The van der Waals surface area contributed by atoms with Gasteiger partial charge in [0.05, 0.1) is 34.4 Å². The molecular weight excluding hydrogens is 775 g/mol. The molecular formula is C54H96NO7+. The van der Waals surface area contributed by atoms with Gasteiger partial charge in [-0.05, 0) is 77.0 Å². The number of rotatable bonds is 45. The number of carboxylic acids is 1. The Hall–Kier alpha value is -2.97. The summed E-state index contributed by atoms with van der Waals surface area (Å²) in [6, 6.07) is -0.618. The number of carbonyl (C=O) groups excluding carboxylic acids is 2. The maximum atomic E-state index is 12.8. The molecule has 1 N–H and O–H groups in total. The van der Waals surface area contributed by atoms with Crippen LogP contribution in [0.4, 0.5) is 0 Å². The van der Waals surface area contributed by atoms with Crippen LogP contribution in [0.1, 0.15) is 213 Å². The van der Waals surface area contributed by atoms with Crippen molar-refractivity contribution in [3.05, 3.63) is 60.8 Å². The standard InChI is InChI=1S/C54H95NO7/c1-6-8-10-12-14-16-18-20-22-23-24-25-26-27-28-29-31-33-35-37-39-41-43-45-53(57)62-50(48-60-47-46-51(54(58)59)55(3,4)5)49-61-52(56)44-42-40-38-36-34-32-30-21-19-17-15-13-11-9-7-2/h8,10,14,16-17,19-20,22,24-25,50-51H,6-7,9,11-13,15,18,21,23,26-49H2,1-5H3/p+1/b10-8+,16-14+,19-17+,22-20+,25-24+. The van der Waals surface area contributed by atoms with Gasteiger partial charge in [-0.25, -0.2) is 4.79 Å². The van der Waals surface area contributed by atoms with Crippen molar-refractivity contribution in [1.82, 2.24) is 0 Å². The number of aliphatic carboxylic acids is 1. The van der Waals surface area contributed by atoms with Gasteiger partial charge in [0.25, 0.3) is 0 Å². The second-order valence-electron chi connectivity index (χ2n) is 18.0. The number of hydrogen-bond donors (Lipinski definition) is 1. The van der Waals surface area contributed by atoms with E-state index in [0.717, 1.165) is 64.2 Å². The van der Waals surface area contributed by atoms with E-state index in [0.29, 0.717) is 19.3 Å². The molecule has 62 heavy (non-hydrogen) atoms. The molecule has 0 amide bonds. The van der Waals surface area contributed by atoms with Gasteiger partial charge in [-0.1, -0.05) is 177 Å². The Morgan fingerprint density at radius 2 is 0.903 bits per heavy atom. The first-order valence-electron chi connectivity index (χ1n) is 25.3. The number of ether oxygens (including phenoxy) is 3. The molecule has 0 rings (SSSR count). The normalized spacial score (nSPS) is 13.4. The van der Waals surface area contributed by atoms with Crippen LogP contribution in [0.5, 0.6) is 0 Å². The van der Waals surface area contributed by atoms with Gasteiger partial charge < -0.3 is 23.8 Å². The van der Waals surface area contributed by atoms with Gasteiger partial charge in [-0.15, -0.1) is 0 Å². The highest BCUT2D eigenvalue weighted by molar-refractivity contribution is 5.72. The zero-order valence-corrected chi connectivity index (χ0v) is 40.8. The lowest BCUT2D eigenvalue weighted by Crippen LogP contribution is -2.50. The third-order valence-corrected chi connectivity index (χ3v) is 11.2. The third kappa shape index (κ3) is 42.3. The van der Waals surface area contributed by atoms with Crippen molar-refractivity contribution in [1.29, 1.82) is 0 Å². The van der Waals surface area contributed by atoms with E-state index >= 15 is 0 Å². The highest BCUT2D eigenvalue weighted by atomic mass is 16.6. The minimum absolute atomic E-state index is 0.0557. The fourth-order valence-electron chi connectivity index (χ4n) is 7.25. The summed E-state index contributed by atoms with van der Waals surface area (Å²) in [5.41, 5.74) is 0. The van der Waals surface area contributed by atoms with Crippen LogP contribution in [0.2, 0.25) is 0 Å². The lowest BCUT2D eigenvalue weighted by atomic mass is 10.0. The zero-order chi connectivity index (χ0) is 45.6. The summed E-state index contributed by atoms with van der Waals surface area (Å²) in [5, 5.41) is 9.65. The van der Waals surface area contributed by atoms with Gasteiger partial charge in [-0.2, -0.15) is 0 Å². The van der Waals surface area contributed by atoms with Gasteiger partial charge >= 0.3 is 17.9 Å². The van der Waals surface area contributed by atoms with E-state index in [9.17, 15) is 19.5 Å². The topological polar surface area (TPSA) is 99.1 Å². The van der Waals surface area contributed by atoms with Crippen LogP contribution in [0.3, 0.4) is 0 Å². The largest absolute Gasteiger partial charge is 0.477 e. The smallest absolute Gasteiger partial charge is 0.362 e. The van der Waals surface area contributed by atoms with Crippen LogP contribution in [-0.2, 0) is 28.6 Å². The molecule has 0 aromatic carbocycles. The lowest BCUT2D eigenvalue weighted by molar-refractivity contribution is -0.887. The monoisotopic (exact) mass is 871 g/mol. The van der Waals surface area contributed by atoms with Crippen molar-refractivity contribution in [3.8, 4) is 0 Å². The number of allylic oxidation sites excluding steroid dienone is 10. The Morgan fingerprint density at radius 3 is 1.35 bits per heavy atom. The molecule has 0 bridgehead atoms. The summed E-state index contributed by atoms with van der Waals surface area (Å²) in [7, 11) is 5.53. The van der Waals surface area contributed by atoms with E-state index < -0.39 is 18.1 Å². The Labute approximate surface area is 381 Å². The van der Waals surface area contributed by atoms with Gasteiger partial charge in [0.15, 0.2) is 12.1 Å². The van der Waals surface area contributed by atoms with Crippen LogP contribution in [0.15, 0.2) is 60.8 Å². The summed E-state index contributed by atoms with van der Waals surface area (Å²) in [4.78, 5) is 37.1. The predicted octanol–water partition coefficient (Wildman–Crippen LogP) is 14.5. The highest BCUT2D eigenvalue weighted by Crippen LogP contribution is 2.15. The Balaban J connectivity index is 4.24. The van der Waals surface area contributed by atoms with E-state index in [-0.39, 0.29) is 36.2 Å². The van der Waals surface area contributed by atoms with Crippen LogP contribution in [0.25, 0.3) is 0 Å². The van der Waals surface area contributed by atoms with Gasteiger partial charge in [-0.3, -0.25) is 9.59 Å². The number of carboxylic acid groups (broad SMARTS) is 1. The molecule has 0 radical (unpaired) electrons. The van der Waals surface area contributed by atoms with E-state index in [2.05, 4.69) is 74.6 Å². The Morgan fingerprint density at radius 1 is 0.500 bits per heavy atom. The van der Waals surface area contributed by atoms with Crippen LogP contribution < -0.4 is 0 Å². The molecule has 0 saturated heterocycles. The van der Waals surface area contributed by atoms with E-state index in [1.807, 2.05) is 21.1 Å². The van der Waals surface area contributed by atoms with Crippen LogP contribution >= 0.6 is 0 Å². The van der Waals surface area contributed by atoms with Crippen molar-refractivity contribution in [2.24, 2.45) is 0 Å². The molecule has 0 aliphatic heterocycles. The number of esters is 2. The second kappa shape index (κ2) is 44.6. The first-order chi connectivity index (χ1) is 30.1. The molecule has 0 heterocycles. The van der Waals surface area contributed by atoms with Gasteiger partial charge in [0.2, 0.25) is 0 Å². The highest BCUT2D eigenvalue weighted by Gasteiger charge is 2.31. The van der Waals surface area contributed by atoms with Crippen molar-refractivity contribution >= 4 is 17.9 Å². The average Bonchev–Trinajstić information content (AvgIpc) is 3.23. The third-order valence-electron chi connectivity index (χ3n) is 11.2. The second-order valence-corrected chi connectivity index (χ2v) is 18.0. The molecule has 0 fully saturated rings. The summed E-state index contributed by atoms with van der Waals surface area (Å²) in [6.07, 6.45) is 55.5. The van der Waals surface area contributed by atoms with E-state index in [1.54, 1.807) is 0 Å². The molecule has 0 spiro atoms. The molecule has 2 atom stereocenters. The van der Waals surface area contributed by atoms with E-state index in [4.69, 9.17) is 14.2 Å². The molecule has 0 aromatic rings. The van der Waals surface area contributed by atoms with Gasteiger partial charge in [0, 0.05) is 19.3 Å². The lowest BCUT2D eigenvalue weighted by Gasteiger charge is -2.31. The summed E-state index contributed by atoms with van der Waals surface area (Å²) in [5.74, 6) is -1.48. The summed E-state index contributed by atoms with van der Waals surface area (Å²) >= 11 is 0. The van der Waals surface area contributed by atoms with Crippen LogP contribution in [-0.4, -0.2) is 80.6 Å². The number of likely N-dealkylation sites (N-methyl/N-ethyl adjacent to an activating group) is 1. The zero-order valence-electron chi connectivity index (χ0n) is 40.8. The summed E-state index contributed by atoms with van der Waals surface area (Å²) < 4.78 is 17.3. The van der Waals surface area contributed by atoms with E-state index in [1.165, 1.54) is 116 Å². The predicted molar refractivity (Wildman–Crippen MR) is 261 cm³/mol. The van der Waals surface area contributed by atoms with Crippen LogP contribution in [0, 0.1) is 0 Å². The Bertz CT molecular complexity index is 1200. The molecule has 0 aromatic heterocycles. The quantitative estimate of drug-likeness (QED) is 0.0282. The molecule has 358 valence electrons. The van der Waals surface area contributed by atoms with Crippen molar-refractivity contribution in [2.45, 2.75) is 225 Å². The van der Waals surface area contributed by atoms with Crippen molar-refractivity contribution in [3.63, 3.8) is 0 Å². The maximum absolute atomic E-state index is 12.8. The first kappa shape index (κ1) is 59.0. The van der Waals surface area contributed by atoms with Gasteiger partial charge in [0.1, 0.15) is 6.61 Å². The first-order valence-corrected chi connectivity index (χ1v) is 25.3. The van der Waals surface area contributed by atoms with Crippen molar-refractivity contribution in [2.75, 3.05) is 41.0 Å². The minimum atomic E-state index is -0.876. The Kier molecular flexibility index (Phi) is 42.5. The number of hydrogen-bond acceptors (Lipinski definition) is 6. The maximum Gasteiger partial charge on any atom is 0.362 e. The average molecular weight is 871 g/mol. The number of carbonyl (C=O) groups is 3. The molecule has 0 aliphatic rings. The molecule has 8 heteroatoms.